The first kappa shape index (κ1) is 9.95. The van der Waals surface area contributed by atoms with E-state index < -0.39 is 0 Å². The summed E-state index contributed by atoms with van der Waals surface area (Å²) in [6.45, 7) is 6.95. The molecule has 0 saturated carbocycles. The van der Waals surface area contributed by atoms with E-state index in [1.54, 1.807) is 5.56 Å². The van der Waals surface area contributed by atoms with Crippen LogP contribution in [0.4, 0.5) is 0 Å². The zero-order valence-corrected chi connectivity index (χ0v) is 10.3. The average molecular weight is 213 g/mol. The third-order valence-corrected chi connectivity index (χ3v) is 3.95. The first-order valence-corrected chi connectivity index (χ1v) is 6.27. The van der Waals surface area contributed by atoms with Crippen LogP contribution in [0.5, 0.6) is 0 Å². The van der Waals surface area contributed by atoms with Gasteiger partial charge in [0, 0.05) is 16.6 Å². The van der Waals surface area contributed by atoms with Crippen LogP contribution in [0, 0.1) is 12.8 Å². The molecule has 1 aliphatic rings. The summed E-state index contributed by atoms with van der Waals surface area (Å²) in [6.07, 6.45) is 2.54. The van der Waals surface area contributed by atoms with E-state index in [9.17, 15) is 0 Å². The number of hydrogen-bond donors (Lipinski definition) is 1. The van der Waals surface area contributed by atoms with Crippen molar-refractivity contribution < 1.29 is 0 Å². The van der Waals surface area contributed by atoms with Crippen LogP contribution >= 0.6 is 0 Å². The SMILES string of the molecule is Cc1cccc2[nH]c3c(c12)C(C)CC(C)C3. The number of aromatic amines is 1. The summed E-state index contributed by atoms with van der Waals surface area (Å²) in [5.41, 5.74) is 5.81. The van der Waals surface area contributed by atoms with E-state index >= 15 is 0 Å². The standard InChI is InChI=1S/C15H19N/c1-9-7-11(3)15-13(8-9)16-12-6-4-5-10(2)14(12)15/h4-6,9,11,16H,7-8H2,1-3H3. The average Bonchev–Trinajstić information content (AvgIpc) is 2.56. The van der Waals surface area contributed by atoms with Gasteiger partial charge in [-0.2, -0.15) is 0 Å². The maximum Gasteiger partial charge on any atom is 0.0461 e. The van der Waals surface area contributed by atoms with Gasteiger partial charge in [-0.1, -0.05) is 26.0 Å². The summed E-state index contributed by atoms with van der Waals surface area (Å²) in [4.78, 5) is 3.62. The van der Waals surface area contributed by atoms with Gasteiger partial charge in [0.2, 0.25) is 0 Å². The smallest absolute Gasteiger partial charge is 0.0461 e. The van der Waals surface area contributed by atoms with Gasteiger partial charge in [-0.25, -0.2) is 0 Å². The number of aryl methyl sites for hydroxylation is 1. The predicted molar refractivity (Wildman–Crippen MR) is 68.9 cm³/mol. The lowest BCUT2D eigenvalue weighted by molar-refractivity contribution is 0.448. The number of aromatic nitrogens is 1. The van der Waals surface area contributed by atoms with E-state index in [0.717, 1.165) is 5.92 Å². The van der Waals surface area contributed by atoms with Crippen molar-refractivity contribution in [1.29, 1.82) is 0 Å². The van der Waals surface area contributed by atoms with Crippen molar-refractivity contribution >= 4 is 10.9 Å². The fourth-order valence-electron chi connectivity index (χ4n) is 3.37. The van der Waals surface area contributed by atoms with Crippen LogP contribution in [0.3, 0.4) is 0 Å². The van der Waals surface area contributed by atoms with Crippen LogP contribution in [-0.4, -0.2) is 4.98 Å². The first-order chi connectivity index (χ1) is 7.66. The molecule has 0 radical (unpaired) electrons. The second kappa shape index (κ2) is 3.38. The maximum atomic E-state index is 3.62. The number of fused-ring (bicyclic) bond motifs is 3. The Labute approximate surface area is 96.9 Å². The number of rotatable bonds is 0. The molecular formula is C15H19N. The van der Waals surface area contributed by atoms with Crippen molar-refractivity contribution in [3.05, 3.63) is 35.0 Å². The molecule has 2 aromatic rings. The van der Waals surface area contributed by atoms with Gasteiger partial charge in [0.25, 0.3) is 0 Å². The summed E-state index contributed by atoms with van der Waals surface area (Å²) in [5.74, 6) is 1.52. The van der Waals surface area contributed by atoms with Gasteiger partial charge in [0.1, 0.15) is 0 Å². The Morgan fingerprint density at radius 2 is 2.06 bits per heavy atom. The summed E-state index contributed by atoms with van der Waals surface area (Å²) >= 11 is 0. The maximum absolute atomic E-state index is 3.62. The topological polar surface area (TPSA) is 15.8 Å². The molecule has 2 atom stereocenters. The fourth-order valence-corrected chi connectivity index (χ4v) is 3.37. The van der Waals surface area contributed by atoms with Gasteiger partial charge in [0.05, 0.1) is 0 Å². The lowest BCUT2D eigenvalue weighted by Gasteiger charge is -2.24. The monoisotopic (exact) mass is 213 g/mol. The van der Waals surface area contributed by atoms with E-state index in [-0.39, 0.29) is 0 Å². The zero-order chi connectivity index (χ0) is 11.3. The molecular weight excluding hydrogens is 194 g/mol. The van der Waals surface area contributed by atoms with E-state index in [1.165, 1.54) is 35.0 Å². The van der Waals surface area contributed by atoms with Gasteiger partial charge in [-0.05, 0) is 48.8 Å². The lowest BCUT2D eigenvalue weighted by Crippen LogP contribution is -2.13. The Balaban J connectivity index is 2.32. The molecule has 1 aromatic carbocycles. The van der Waals surface area contributed by atoms with Gasteiger partial charge in [0.15, 0.2) is 0 Å². The molecule has 0 saturated heterocycles. The molecule has 0 spiro atoms. The highest BCUT2D eigenvalue weighted by Crippen LogP contribution is 2.39. The Kier molecular flexibility index (Phi) is 2.10. The summed E-state index contributed by atoms with van der Waals surface area (Å²) in [5, 5.41) is 1.48. The van der Waals surface area contributed by atoms with Gasteiger partial charge >= 0.3 is 0 Å². The minimum absolute atomic E-state index is 0.702. The zero-order valence-electron chi connectivity index (χ0n) is 10.3. The predicted octanol–water partition coefficient (Wildman–Crippen LogP) is 4.16. The van der Waals surface area contributed by atoms with Crippen LogP contribution in [-0.2, 0) is 6.42 Å². The highest BCUT2D eigenvalue weighted by atomic mass is 14.7. The van der Waals surface area contributed by atoms with Crippen molar-refractivity contribution in [3.63, 3.8) is 0 Å². The van der Waals surface area contributed by atoms with E-state index in [2.05, 4.69) is 44.0 Å². The van der Waals surface area contributed by atoms with Crippen LogP contribution in [0.25, 0.3) is 10.9 Å². The van der Waals surface area contributed by atoms with E-state index in [1.807, 2.05) is 0 Å². The first-order valence-electron chi connectivity index (χ1n) is 6.27. The molecule has 0 amide bonds. The summed E-state index contributed by atoms with van der Waals surface area (Å²) < 4.78 is 0. The van der Waals surface area contributed by atoms with Crippen LogP contribution < -0.4 is 0 Å². The molecule has 3 rings (SSSR count). The molecule has 2 unspecified atom stereocenters. The highest BCUT2D eigenvalue weighted by molar-refractivity contribution is 5.88. The van der Waals surface area contributed by atoms with Crippen molar-refractivity contribution in [2.75, 3.05) is 0 Å². The largest absolute Gasteiger partial charge is 0.358 e. The Bertz CT molecular complexity index is 536. The molecule has 0 fully saturated rings. The second-order valence-corrected chi connectivity index (χ2v) is 5.46. The number of H-pyrrole nitrogens is 1. The highest BCUT2D eigenvalue weighted by Gasteiger charge is 2.25. The molecule has 1 N–H and O–H groups in total. The number of hydrogen-bond acceptors (Lipinski definition) is 0. The minimum atomic E-state index is 0.702. The molecule has 16 heavy (non-hydrogen) atoms. The minimum Gasteiger partial charge on any atom is -0.358 e. The van der Waals surface area contributed by atoms with Gasteiger partial charge in [-0.3, -0.25) is 0 Å². The van der Waals surface area contributed by atoms with Crippen molar-refractivity contribution in [2.24, 2.45) is 5.92 Å². The lowest BCUT2D eigenvalue weighted by atomic mass is 9.80. The Morgan fingerprint density at radius 3 is 2.88 bits per heavy atom. The van der Waals surface area contributed by atoms with Crippen LogP contribution in [0.15, 0.2) is 18.2 Å². The van der Waals surface area contributed by atoms with Gasteiger partial charge in [-0.15, -0.1) is 0 Å². The van der Waals surface area contributed by atoms with Crippen molar-refractivity contribution in [2.45, 2.75) is 39.5 Å². The van der Waals surface area contributed by atoms with Crippen LogP contribution in [0.1, 0.15) is 43.0 Å². The van der Waals surface area contributed by atoms with E-state index in [4.69, 9.17) is 0 Å². The molecule has 1 aliphatic carbocycles. The third-order valence-electron chi connectivity index (χ3n) is 3.95. The number of benzene rings is 1. The third kappa shape index (κ3) is 1.31. The Morgan fingerprint density at radius 1 is 1.25 bits per heavy atom. The van der Waals surface area contributed by atoms with Gasteiger partial charge < -0.3 is 4.98 Å². The molecule has 1 aromatic heterocycles. The molecule has 0 aliphatic heterocycles. The van der Waals surface area contributed by atoms with Crippen molar-refractivity contribution in [1.82, 2.24) is 4.98 Å². The molecule has 0 bridgehead atoms. The molecule has 1 nitrogen and oxygen atoms in total. The number of nitrogens with one attached hydrogen (secondary N) is 1. The van der Waals surface area contributed by atoms with Crippen LogP contribution in [0.2, 0.25) is 0 Å². The summed E-state index contributed by atoms with van der Waals surface area (Å²) in [6, 6.07) is 6.58. The molecule has 84 valence electrons. The Hall–Kier alpha value is -1.24. The van der Waals surface area contributed by atoms with E-state index in [0.29, 0.717) is 5.92 Å². The second-order valence-electron chi connectivity index (χ2n) is 5.46. The quantitative estimate of drug-likeness (QED) is 0.676. The fraction of sp³-hybridized carbons (Fsp3) is 0.467. The van der Waals surface area contributed by atoms with Crippen molar-refractivity contribution in [3.8, 4) is 0 Å². The molecule has 1 heterocycles. The normalized spacial score (nSPS) is 24.7. The molecule has 1 heteroatoms. The summed E-state index contributed by atoms with van der Waals surface area (Å²) in [7, 11) is 0.